The highest BCUT2D eigenvalue weighted by atomic mass is 32.2. The second kappa shape index (κ2) is 7.40. The van der Waals surface area contributed by atoms with Gasteiger partial charge in [0.05, 0.1) is 16.3 Å². The molecule has 1 heterocycles. The fourth-order valence-corrected chi connectivity index (χ4v) is 4.32. The third-order valence-corrected chi connectivity index (χ3v) is 6.11. The largest absolute Gasteiger partial charge is 0.482 e. The van der Waals surface area contributed by atoms with Gasteiger partial charge >= 0.3 is 0 Å². The monoisotopic (exact) mass is 388 g/mol. The smallest absolute Gasteiger partial charge is 0.262 e. The van der Waals surface area contributed by atoms with Crippen LogP contribution < -0.4 is 15.4 Å². The van der Waals surface area contributed by atoms with E-state index in [9.17, 15) is 18.0 Å². The van der Waals surface area contributed by atoms with E-state index in [2.05, 4.69) is 10.6 Å². The van der Waals surface area contributed by atoms with Crippen molar-refractivity contribution in [2.45, 2.75) is 25.2 Å². The fraction of sp³-hybridized carbons (Fsp3) is 0.263. The lowest BCUT2D eigenvalue weighted by molar-refractivity contribution is -0.118. The van der Waals surface area contributed by atoms with Gasteiger partial charge in [-0.3, -0.25) is 9.59 Å². The van der Waals surface area contributed by atoms with Gasteiger partial charge in [-0.25, -0.2) is 8.42 Å². The van der Waals surface area contributed by atoms with Gasteiger partial charge in [0.25, 0.3) is 5.91 Å². The molecule has 0 bridgehead atoms. The van der Waals surface area contributed by atoms with Gasteiger partial charge in [-0.05, 0) is 37.1 Å². The molecule has 0 unspecified atom stereocenters. The first-order chi connectivity index (χ1) is 12.8. The summed E-state index contributed by atoms with van der Waals surface area (Å²) < 4.78 is 30.7. The number of sulfone groups is 1. The molecule has 3 rings (SSSR count). The zero-order valence-corrected chi connectivity index (χ0v) is 15.9. The van der Waals surface area contributed by atoms with Crippen molar-refractivity contribution >= 4 is 33.0 Å². The number of aryl methyl sites for hydroxylation is 2. The van der Waals surface area contributed by atoms with Gasteiger partial charge in [-0.2, -0.15) is 0 Å². The number of anilines is 2. The first kappa shape index (κ1) is 18.9. The van der Waals surface area contributed by atoms with Gasteiger partial charge < -0.3 is 15.4 Å². The van der Waals surface area contributed by atoms with E-state index < -0.39 is 9.84 Å². The van der Waals surface area contributed by atoms with E-state index in [1.807, 2.05) is 19.1 Å². The minimum atomic E-state index is -3.69. The van der Waals surface area contributed by atoms with E-state index >= 15 is 0 Å². The molecule has 0 saturated carbocycles. The maximum Gasteiger partial charge on any atom is 0.262 e. The molecular weight excluding hydrogens is 368 g/mol. The average Bonchev–Trinajstić information content (AvgIpc) is 2.61. The molecule has 7 nitrogen and oxygen atoms in total. The predicted molar refractivity (Wildman–Crippen MR) is 102 cm³/mol. The molecule has 27 heavy (non-hydrogen) atoms. The highest BCUT2D eigenvalue weighted by molar-refractivity contribution is 7.91. The Labute approximate surface area is 157 Å². The van der Waals surface area contributed by atoms with Crippen molar-refractivity contribution in [2.24, 2.45) is 0 Å². The van der Waals surface area contributed by atoms with Gasteiger partial charge in [0.1, 0.15) is 5.75 Å². The third-order valence-electron chi connectivity index (χ3n) is 4.26. The number of benzene rings is 2. The number of nitrogens with one attached hydrogen (secondary N) is 2. The maximum atomic E-state index is 12.7. The van der Waals surface area contributed by atoms with Crippen molar-refractivity contribution in [1.82, 2.24) is 0 Å². The number of ether oxygens (including phenoxy) is 1. The Morgan fingerprint density at radius 2 is 1.93 bits per heavy atom. The van der Waals surface area contributed by atoms with Gasteiger partial charge in [0.15, 0.2) is 16.4 Å². The summed E-state index contributed by atoms with van der Waals surface area (Å²) >= 11 is 0. The van der Waals surface area contributed by atoms with E-state index in [0.29, 0.717) is 22.7 Å². The van der Waals surface area contributed by atoms with Crippen LogP contribution in [0.2, 0.25) is 0 Å². The topological polar surface area (TPSA) is 102 Å². The summed E-state index contributed by atoms with van der Waals surface area (Å²) in [5.74, 6) is -0.669. The normalized spacial score (nSPS) is 13.3. The summed E-state index contributed by atoms with van der Waals surface area (Å²) in [6.07, 6.45) is -0.162. The van der Waals surface area contributed by atoms with Crippen LogP contribution in [-0.4, -0.2) is 32.6 Å². The van der Waals surface area contributed by atoms with Crippen molar-refractivity contribution in [3.63, 3.8) is 0 Å². The summed E-state index contributed by atoms with van der Waals surface area (Å²) in [4.78, 5) is 23.6. The minimum absolute atomic E-state index is 0.0982. The van der Waals surface area contributed by atoms with Crippen LogP contribution in [0, 0.1) is 13.8 Å². The number of hydrogen-bond donors (Lipinski definition) is 2. The van der Waals surface area contributed by atoms with Gasteiger partial charge in [-0.15, -0.1) is 0 Å². The zero-order valence-electron chi connectivity index (χ0n) is 15.0. The van der Waals surface area contributed by atoms with Crippen molar-refractivity contribution < 1.29 is 22.7 Å². The molecule has 0 saturated heterocycles. The van der Waals surface area contributed by atoms with Crippen molar-refractivity contribution in [2.75, 3.05) is 23.0 Å². The summed E-state index contributed by atoms with van der Waals surface area (Å²) in [6.45, 7) is 3.34. The van der Waals surface area contributed by atoms with Gasteiger partial charge in [0.2, 0.25) is 5.91 Å². The minimum Gasteiger partial charge on any atom is -0.482 e. The van der Waals surface area contributed by atoms with E-state index in [-0.39, 0.29) is 35.5 Å². The lowest BCUT2D eigenvalue weighted by Crippen LogP contribution is -2.26. The Balaban J connectivity index is 1.72. The van der Waals surface area contributed by atoms with Crippen LogP contribution in [0.1, 0.15) is 17.5 Å². The molecule has 0 aromatic heterocycles. The Morgan fingerprint density at radius 1 is 1.19 bits per heavy atom. The summed E-state index contributed by atoms with van der Waals surface area (Å²) in [5.41, 5.74) is 2.49. The van der Waals surface area contributed by atoms with Crippen LogP contribution in [0.4, 0.5) is 11.4 Å². The molecule has 0 spiro atoms. The van der Waals surface area contributed by atoms with Gasteiger partial charge in [-0.1, -0.05) is 18.2 Å². The summed E-state index contributed by atoms with van der Waals surface area (Å²) in [6, 6.07) is 10.3. The fourth-order valence-electron chi connectivity index (χ4n) is 2.81. The van der Waals surface area contributed by atoms with Crippen LogP contribution in [0.5, 0.6) is 5.75 Å². The second-order valence-electron chi connectivity index (χ2n) is 6.38. The van der Waals surface area contributed by atoms with Gasteiger partial charge in [0, 0.05) is 18.2 Å². The standard InChI is InChI=1S/C19H20N2O5S/c1-12-5-3-4-6-14(12)20-18(22)7-8-27(24,25)17-10-16-15(9-13(17)2)21-19(23)11-26-16/h3-6,9-10H,7-8,11H2,1-2H3,(H,20,22)(H,21,23). The number of para-hydroxylation sites is 1. The number of carbonyl (C=O) groups excluding carboxylic acids is 2. The molecule has 1 aliphatic heterocycles. The van der Waals surface area contributed by atoms with E-state index in [1.165, 1.54) is 6.07 Å². The molecule has 0 fully saturated rings. The molecule has 0 aliphatic carbocycles. The highest BCUT2D eigenvalue weighted by Gasteiger charge is 2.24. The first-order valence-corrected chi connectivity index (χ1v) is 10.1. The van der Waals surface area contributed by atoms with Crippen molar-refractivity contribution in [1.29, 1.82) is 0 Å². The number of carbonyl (C=O) groups is 2. The van der Waals surface area contributed by atoms with Crippen molar-refractivity contribution in [3.8, 4) is 5.75 Å². The highest BCUT2D eigenvalue weighted by Crippen LogP contribution is 2.33. The molecule has 8 heteroatoms. The van der Waals surface area contributed by atoms with Crippen molar-refractivity contribution in [3.05, 3.63) is 47.5 Å². The second-order valence-corrected chi connectivity index (χ2v) is 8.46. The molecule has 1 aliphatic rings. The lowest BCUT2D eigenvalue weighted by Gasteiger charge is -2.20. The predicted octanol–water partition coefficient (Wildman–Crippen LogP) is 2.44. The Bertz CT molecular complexity index is 1010. The van der Waals surface area contributed by atoms with Crippen LogP contribution in [0.25, 0.3) is 0 Å². The summed E-state index contributed by atoms with van der Waals surface area (Å²) in [7, 11) is -3.69. The molecule has 0 radical (unpaired) electrons. The number of rotatable bonds is 5. The SMILES string of the molecule is Cc1ccccc1NC(=O)CCS(=O)(=O)c1cc2c(cc1C)NC(=O)CO2. The molecule has 2 aromatic carbocycles. The van der Waals surface area contributed by atoms with Crippen LogP contribution in [0.3, 0.4) is 0 Å². The van der Waals surface area contributed by atoms with Crippen LogP contribution >= 0.6 is 0 Å². The number of fused-ring (bicyclic) bond motifs is 1. The van der Waals surface area contributed by atoms with Crippen LogP contribution in [0.15, 0.2) is 41.3 Å². The molecule has 2 amide bonds. The van der Waals surface area contributed by atoms with Crippen LogP contribution in [-0.2, 0) is 19.4 Å². The molecular formula is C19H20N2O5S. The maximum absolute atomic E-state index is 12.7. The molecule has 2 aromatic rings. The molecule has 2 N–H and O–H groups in total. The average molecular weight is 388 g/mol. The zero-order chi connectivity index (χ0) is 19.6. The quantitative estimate of drug-likeness (QED) is 0.819. The van der Waals surface area contributed by atoms with E-state index in [1.54, 1.807) is 25.1 Å². The number of hydrogen-bond acceptors (Lipinski definition) is 5. The number of amides is 2. The first-order valence-electron chi connectivity index (χ1n) is 8.42. The third kappa shape index (κ3) is 4.28. The lowest BCUT2D eigenvalue weighted by atomic mass is 10.2. The molecule has 142 valence electrons. The summed E-state index contributed by atoms with van der Waals surface area (Å²) in [5, 5.41) is 5.37. The van der Waals surface area contributed by atoms with E-state index in [0.717, 1.165) is 5.56 Å². The Morgan fingerprint density at radius 3 is 2.67 bits per heavy atom. The molecule has 0 atom stereocenters. The Kier molecular flexibility index (Phi) is 5.18. The Hall–Kier alpha value is -2.87. The van der Waals surface area contributed by atoms with E-state index in [4.69, 9.17) is 4.74 Å².